The Labute approximate surface area is 161 Å². The molecule has 0 aromatic heterocycles. The number of nitrogens with one attached hydrogen (secondary N) is 1. The van der Waals surface area contributed by atoms with E-state index >= 15 is 0 Å². The molecule has 0 saturated heterocycles. The first-order valence-electron chi connectivity index (χ1n) is 5.57. The predicted octanol–water partition coefficient (Wildman–Crippen LogP) is 7.93. The van der Waals surface area contributed by atoms with Crippen molar-refractivity contribution in [2.75, 3.05) is 5.32 Å². The van der Waals surface area contributed by atoms with Crippen molar-refractivity contribution >= 4 is 92.3 Å². The zero-order chi connectivity index (χ0) is 16.4. The van der Waals surface area contributed by atoms with Crippen LogP contribution in [0, 0.1) is 0 Å². The molecular weight excluding hydrogens is 431 g/mol. The normalized spacial score (nSPS) is 10.6. The number of hydrogen-bond donors (Lipinski definition) is 1. The summed E-state index contributed by atoms with van der Waals surface area (Å²) >= 11 is 36.5. The lowest BCUT2D eigenvalue weighted by Crippen LogP contribution is -2.05. The van der Waals surface area contributed by atoms with Gasteiger partial charge in [0, 0.05) is 10.7 Å². The van der Waals surface area contributed by atoms with Crippen molar-refractivity contribution in [3.63, 3.8) is 0 Å². The van der Waals surface area contributed by atoms with E-state index in [1.807, 2.05) is 0 Å². The fourth-order valence-electron chi connectivity index (χ4n) is 1.48. The summed E-state index contributed by atoms with van der Waals surface area (Å²) in [5.74, 6) is 0. The fraction of sp³-hybridized carbons (Fsp3) is 0. The molecule has 22 heavy (non-hydrogen) atoms. The lowest BCUT2D eigenvalue weighted by atomic mass is 10.3. The highest BCUT2D eigenvalue weighted by atomic mass is 35.5. The molecule has 1 N–H and O–H groups in total. The Morgan fingerprint density at radius 2 is 1.41 bits per heavy atom. The highest BCUT2D eigenvalue weighted by molar-refractivity contribution is 8.14. The summed E-state index contributed by atoms with van der Waals surface area (Å²) in [5, 5.41) is 2.95. The van der Waals surface area contributed by atoms with E-state index in [2.05, 4.69) is 5.32 Å². The summed E-state index contributed by atoms with van der Waals surface area (Å²) in [4.78, 5) is 12.3. The number of thioether (sulfide) groups is 1. The van der Waals surface area contributed by atoms with Crippen LogP contribution in [0.1, 0.15) is 0 Å². The van der Waals surface area contributed by atoms with Crippen molar-refractivity contribution in [2.45, 2.75) is 4.90 Å². The summed E-state index contributed by atoms with van der Waals surface area (Å²) < 4.78 is 0. The standard InChI is InChI=1S/C13H5Cl6NOS/c14-5-2-1-3-6(4-5)20-13(21)22-12-10(18)8(16)7(15)9(17)11(12)19/h1-4H,(H,20,21). The van der Waals surface area contributed by atoms with Gasteiger partial charge in [-0.3, -0.25) is 4.79 Å². The van der Waals surface area contributed by atoms with Crippen LogP contribution in [0.25, 0.3) is 0 Å². The fourth-order valence-corrected chi connectivity index (χ4v) is 3.89. The third kappa shape index (κ3) is 4.09. The molecule has 0 atom stereocenters. The minimum Gasteiger partial charge on any atom is -0.317 e. The van der Waals surface area contributed by atoms with Crippen molar-refractivity contribution in [1.82, 2.24) is 0 Å². The molecule has 2 nitrogen and oxygen atoms in total. The van der Waals surface area contributed by atoms with Gasteiger partial charge >= 0.3 is 0 Å². The van der Waals surface area contributed by atoms with Crippen LogP contribution in [-0.4, -0.2) is 5.24 Å². The molecule has 2 aromatic rings. The molecule has 1 amide bonds. The van der Waals surface area contributed by atoms with Gasteiger partial charge in [-0.1, -0.05) is 75.7 Å². The van der Waals surface area contributed by atoms with Crippen LogP contribution in [0.4, 0.5) is 10.5 Å². The minimum atomic E-state index is -0.430. The van der Waals surface area contributed by atoms with Gasteiger partial charge in [0.25, 0.3) is 5.24 Å². The average molecular weight is 436 g/mol. The quantitative estimate of drug-likeness (QED) is 0.294. The lowest BCUT2D eigenvalue weighted by molar-refractivity contribution is 0.270. The van der Waals surface area contributed by atoms with Gasteiger partial charge in [0.15, 0.2) is 0 Å². The molecule has 0 fully saturated rings. The van der Waals surface area contributed by atoms with Gasteiger partial charge < -0.3 is 5.32 Å². The van der Waals surface area contributed by atoms with E-state index in [0.717, 1.165) is 11.8 Å². The average Bonchev–Trinajstić information content (AvgIpc) is 2.47. The molecule has 0 aliphatic rings. The van der Waals surface area contributed by atoms with Crippen LogP contribution in [0.3, 0.4) is 0 Å². The molecule has 0 bridgehead atoms. The van der Waals surface area contributed by atoms with Gasteiger partial charge in [0.05, 0.1) is 30.0 Å². The summed E-state index contributed by atoms with van der Waals surface area (Å²) in [5.41, 5.74) is 0.531. The molecule has 0 heterocycles. The van der Waals surface area contributed by atoms with Crippen molar-refractivity contribution in [1.29, 1.82) is 0 Å². The maximum atomic E-state index is 12.1. The minimum absolute atomic E-state index is 0.0378. The number of halogens is 6. The number of benzene rings is 2. The third-order valence-electron chi connectivity index (χ3n) is 2.44. The zero-order valence-corrected chi connectivity index (χ0v) is 15.7. The van der Waals surface area contributed by atoms with Gasteiger partial charge in [0.2, 0.25) is 0 Å². The monoisotopic (exact) mass is 433 g/mol. The second-order valence-electron chi connectivity index (χ2n) is 3.92. The summed E-state index contributed by atoms with van der Waals surface area (Å²) in [7, 11) is 0. The van der Waals surface area contributed by atoms with Crippen LogP contribution in [-0.2, 0) is 0 Å². The van der Waals surface area contributed by atoms with Gasteiger partial charge in [-0.05, 0) is 30.0 Å². The first-order valence-corrected chi connectivity index (χ1v) is 8.65. The Balaban J connectivity index is 2.26. The second kappa shape index (κ2) is 7.71. The van der Waals surface area contributed by atoms with E-state index in [0.29, 0.717) is 10.7 Å². The maximum absolute atomic E-state index is 12.1. The van der Waals surface area contributed by atoms with Crippen LogP contribution < -0.4 is 5.32 Å². The van der Waals surface area contributed by atoms with E-state index < -0.39 is 5.24 Å². The smallest absolute Gasteiger partial charge is 0.288 e. The first-order chi connectivity index (χ1) is 10.3. The Bertz CT molecular complexity index is 723. The molecule has 0 aliphatic carbocycles. The number of amides is 1. The van der Waals surface area contributed by atoms with Crippen molar-refractivity contribution in [3.05, 3.63) is 54.4 Å². The van der Waals surface area contributed by atoms with Crippen molar-refractivity contribution < 1.29 is 4.79 Å². The van der Waals surface area contributed by atoms with Gasteiger partial charge in [-0.2, -0.15) is 0 Å². The Hall–Kier alpha value is -0.000000000000000167. The molecular formula is C13H5Cl6NOS. The molecule has 0 aliphatic heterocycles. The number of hydrogen-bond acceptors (Lipinski definition) is 2. The molecule has 2 aromatic carbocycles. The Morgan fingerprint density at radius 3 is 1.95 bits per heavy atom. The van der Waals surface area contributed by atoms with E-state index in [-0.39, 0.29) is 30.0 Å². The summed E-state index contributed by atoms with van der Waals surface area (Å²) in [6, 6.07) is 6.69. The molecule has 0 radical (unpaired) electrons. The zero-order valence-electron chi connectivity index (χ0n) is 10.4. The highest BCUT2D eigenvalue weighted by Gasteiger charge is 2.21. The van der Waals surface area contributed by atoms with E-state index in [4.69, 9.17) is 69.6 Å². The number of carbonyl (C=O) groups excluding carboxylic acids is 1. The maximum Gasteiger partial charge on any atom is 0.288 e. The third-order valence-corrected chi connectivity index (χ3v) is 6.07. The largest absolute Gasteiger partial charge is 0.317 e. The topological polar surface area (TPSA) is 29.1 Å². The molecule has 0 unspecified atom stereocenters. The van der Waals surface area contributed by atoms with Crippen molar-refractivity contribution in [3.8, 4) is 0 Å². The number of rotatable bonds is 2. The summed E-state index contributed by atoms with van der Waals surface area (Å²) in [6.07, 6.45) is 0. The Morgan fingerprint density at radius 1 is 0.864 bits per heavy atom. The molecule has 0 saturated carbocycles. The summed E-state index contributed by atoms with van der Waals surface area (Å²) in [6.45, 7) is 0. The predicted molar refractivity (Wildman–Crippen MR) is 97.8 cm³/mol. The second-order valence-corrected chi connectivity index (χ2v) is 7.23. The SMILES string of the molecule is O=C(Nc1cccc(Cl)c1)Sc1c(Cl)c(Cl)c(Cl)c(Cl)c1Cl. The molecule has 2 rings (SSSR count). The first kappa shape index (κ1) is 18.3. The van der Waals surface area contributed by atoms with Crippen LogP contribution in [0.2, 0.25) is 30.1 Å². The molecule has 9 heteroatoms. The number of carbonyl (C=O) groups is 1. The molecule has 116 valence electrons. The lowest BCUT2D eigenvalue weighted by Gasteiger charge is -2.12. The van der Waals surface area contributed by atoms with Crippen LogP contribution >= 0.6 is 81.4 Å². The van der Waals surface area contributed by atoms with Gasteiger partial charge in [0.1, 0.15) is 0 Å². The number of anilines is 1. The van der Waals surface area contributed by atoms with Gasteiger partial charge in [-0.25, -0.2) is 0 Å². The van der Waals surface area contributed by atoms with Gasteiger partial charge in [-0.15, -0.1) is 0 Å². The van der Waals surface area contributed by atoms with E-state index in [1.54, 1.807) is 24.3 Å². The van der Waals surface area contributed by atoms with Crippen LogP contribution in [0.15, 0.2) is 29.2 Å². The molecule has 0 spiro atoms. The van der Waals surface area contributed by atoms with E-state index in [1.165, 1.54) is 0 Å². The van der Waals surface area contributed by atoms with E-state index in [9.17, 15) is 4.79 Å². The van der Waals surface area contributed by atoms with Crippen molar-refractivity contribution in [2.24, 2.45) is 0 Å². The van der Waals surface area contributed by atoms with Crippen LogP contribution in [0.5, 0.6) is 0 Å². The Kier molecular flexibility index (Phi) is 6.43. The highest BCUT2D eigenvalue weighted by Crippen LogP contribution is 2.48.